The van der Waals surface area contributed by atoms with Gasteiger partial charge in [-0.15, -0.1) is 0 Å². The van der Waals surface area contributed by atoms with Crippen molar-refractivity contribution in [1.29, 1.82) is 0 Å². The molecule has 2 aromatic carbocycles. The third-order valence-corrected chi connectivity index (χ3v) is 3.66. The van der Waals surface area contributed by atoms with Gasteiger partial charge in [-0.1, -0.05) is 42.8 Å². The van der Waals surface area contributed by atoms with E-state index in [1.807, 2.05) is 56.3 Å². The number of urea groups is 1. The van der Waals surface area contributed by atoms with Crippen LogP contribution in [0.2, 0.25) is 0 Å². The lowest BCUT2D eigenvalue weighted by atomic mass is 10.1. The van der Waals surface area contributed by atoms with Crippen molar-refractivity contribution in [2.45, 2.75) is 27.2 Å². The van der Waals surface area contributed by atoms with Crippen LogP contribution in [0.5, 0.6) is 5.75 Å². The van der Waals surface area contributed by atoms with Crippen molar-refractivity contribution >= 4 is 11.7 Å². The third-order valence-electron chi connectivity index (χ3n) is 3.66. The summed E-state index contributed by atoms with van der Waals surface area (Å²) in [5.74, 6) is 0.810. The van der Waals surface area contributed by atoms with E-state index < -0.39 is 0 Å². The number of benzene rings is 2. The summed E-state index contributed by atoms with van der Waals surface area (Å²) in [7, 11) is 0. The van der Waals surface area contributed by atoms with Crippen molar-refractivity contribution in [2.75, 3.05) is 18.5 Å². The van der Waals surface area contributed by atoms with E-state index >= 15 is 0 Å². The van der Waals surface area contributed by atoms with Gasteiger partial charge in [-0.05, 0) is 43.5 Å². The van der Waals surface area contributed by atoms with Gasteiger partial charge in [-0.2, -0.15) is 0 Å². The van der Waals surface area contributed by atoms with Gasteiger partial charge < -0.3 is 15.4 Å². The standard InChI is InChI=1S/C19H24N2O2/c1-4-16-7-5-6-15(3)18(16)21-19(22)20-12-13-23-17-10-8-14(2)9-11-17/h5-11H,4,12-13H2,1-3H3,(H2,20,21,22). The summed E-state index contributed by atoms with van der Waals surface area (Å²) in [4.78, 5) is 12.0. The fourth-order valence-electron chi connectivity index (χ4n) is 2.33. The lowest BCUT2D eigenvalue weighted by Gasteiger charge is -2.14. The summed E-state index contributed by atoms with van der Waals surface area (Å²) < 4.78 is 5.59. The van der Waals surface area contributed by atoms with E-state index in [9.17, 15) is 4.79 Å². The van der Waals surface area contributed by atoms with E-state index in [2.05, 4.69) is 17.6 Å². The molecule has 0 aliphatic heterocycles. The molecule has 122 valence electrons. The normalized spacial score (nSPS) is 10.2. The summed E-state index contributed by atoms with van der Waals surface area (Å²) in [5, 5.41) is 5.75. The minimum absolute atomic E-state index is 0.207. The summed E-state index contributed by atoms with van der Waals surface area (Å²) in [5.41, 5.74) is 4.29. The Morgan fingerprint density at radius 1 is 1.09 bits per heavy atom. The molecule has 0 bridgehead atoms. The number of carbonyl (C=O) groups excluding carboxylic acids is 1. The van der Waals surface area contributed by atoms with Crippen molar-refractivity contribution in [3.63, 3.8) is 0 Å². The maximum absolute atomic E-state index is 12.0. The third kappa shape index (κ3) is 5.02. The lowest BCUT2D eigenvalue weighted by molar-refractivity contribution is 0.247. The molecule has 2 aromatic rings. The Labute approximate surface area is 137 Å². The van der Waals surface area contributed by atoms with E-state index in [1.165, 1.54) is 5.56 Å². The molecular weight excluding hydrogens is 288 g/mol. The van der Waals surface area contributed by atoms with Crippen LogP contribution in [0.25, 0.3) is 0 Å². The number of para-hydroxylation sites is 1. The lowest BCUT2D eigenvalue weighted by Crippen LogP contribution is -2.32. The Hall–Kier alpha value is -2.49. The van der Waals surface area contributed by atoms with Crippen molar-refractivity contribution < 1.29 is 9.53 Å². The molecule has 23 heavy (non-hydrogen) atoms. The second-order valence-electron chi connectivity index (χ2n) is 5.51. The Balaban J connectivity index is 1.78. The highest BCUT2D eigenvalue weighted by molar-refractivity contribution is 5.91. The molecule has 4 heteroatoms. The molecule has 2 rings (SSSR count). The highest BCUT2D eigenvalue weighted by atomic mass is 16.5. The highest BCUT2D eigenvalue weighted by Gasteiger charge is 2.07. The van der Waals surface area contributed by atoms with Gasteiger partial charge in [0.25, 0.3) is 0 Å². The minimum Gasteiger partial charge on any atom is -0.492 e. The van der Waals surface area contributed by atoms with Crippen LogP contribution in [-0.2, 0) is 6.42 Å². The predicted molar refractivity (Wildman–Crippen MR) is 94.3 cm³/mol. The van der Waals surface area contributed by atoms with Crippen LogP contribution >= 0.6 is 0 Å². The zero-order valence-corrected chi connectivity index (χ0v) is 14.0. The first-order valence-corrected chi connectivity index (χ1v) is 7.93. The number of aryl methyl sites for hydroxylation is 3. The molecule has 0 spiro atoms. The Morgan fingerprint density at radius 3 is 2.52 bits per heavy atom. The van der Waals surface area contributed by atoms with Gasteiger partial charge >= 0.3 is 6.03 Å². The fraction of sp³-hybridized carbons (Fsp3) is 0.316. The molecule has 0 heterocycles. The smallest absolute Gasteiger partial charge is 0.319 e. The quantitative estimate of drug-likeness (QED) is 0.790. The average molecular weight is 312 g/mol. The zero-order valence-electron chi connectivity index (χ0n) is 14.0. The first kappa shape index (κ1) is 16.9. The maximum Gasteiger partial charge on any atom is 0.319 e. The second kappa shape index (κ2) is 8.22. The first-order chi connectivity index (χ1) is 11.1. The van der Waals surface area contributed by atoms with Gasteiger partial charge in [-0.3, -0.25) is 0 Å². The van der Waals surface area contributed by atoms with Crippen LogP contribution < -0.4 is 15.4 Å². The monoisotopic (exact) mass is 312 g/mol. The zero-order chi connectivity index (χ0) is 16.7. The molecule has 0 unspecified atom stereocenters. The molecule has 0 saturated carbocycles. The number of carbonyl (C=O) groups is 1. The second-order valence-corrected chi connectivity index (χ2v) is 5.51. The fourth-order valence-corrected chi connectivity index (χ4v) is 2.33. The number of amides is 2. The number of hydrogen-bond donors (Lipinski definition) is 2. The van der Waals surface area contributed by atoms with Crippen LogP contribution in [-0.4, -0.2) is 19.2 Å². The number of anilines is 1. The molecule has 0 saturated heterocycles. The predicted octanol–water partition coefficient (Wildman–Crippen LogP) is 4.07. The van der Waals surface area contributed by atoms with Gasteiger partial charge in [0.1, 0.15) is 12.4 Å². The van der Waals surface area contributed by atoms with E-state index in [4.69, 9.17) is 4.74 Å². The molecular formula is C19H24N2O2. The number of ether oxygens (including phenoxy) is 1. The van der Waals surface area contributed by atoms with Crippen molar-refractivity contribution in [3.05, 3.63) is 59.2 Å². The van der Waals surface area contributed by atoms with Crippen LogP contribution in [0.1, 0.15) is 23.6 Å². The first-order valence-electron chi connectivity index (χ1n) is 7.93. The molecule has 2 N–H and O–H groups in total. The largest absolute Gasteiger partial charge is 0.492 e. The van der Waals surface area contributed by atoms with E-state index in [0.29, 0.717) is 13.2 Å². The Morgan fingerprint density at radius 2 is 1.83 bits per heavy atom. The molecule has 0 aliphatic carbocycles. The Kier molecular flexibility index (Phi) is 6.03. The van der Waals surface area contributed by atoms with Gasteiger partial charge in [0.2, 0.25) is 0 Å². The average Bonchev–Trinajstić information content (AvgIpc) is 2.55. The van der Waals surface area contributed by atoms with E-state index in [1.54, 1.807) is 0 Å². The number of rotatable bonds is 6. The summed E-state index contributed by atoms with van der Waals surface area (Å²) in [6.07, 6.45) is 0.883. The van der Waals surface area contributed by atoms with Crippen LogP contribution in [0.15, 0.2) is 42.5 Å². The van der Waals surface area contributed by atoms with Gasteiger partial charge in [-0.25, -0.2) is 4.79 Å². The summed E-state index contributed by atoms with van der Waals surface area (Å²) >= 11 is 0. The van der Waals surface area contributed by atoms with Crippen molar-refractivity contribution in [3.8, 4) is 5.75 Å². The van der Waals surface area contributed by atoms with Gasteiger partial charge in [0.05, 0.1) is 6.54 Å². The highest BCUT2D eigenvalue weighted by Crippen LogP contribution is 2.20. The summed E-state index contributed by atoms with van der Waals surface area (Å²) in [6.45, 7) is 6.99. The van der Waals surface area contributed by atoms with Gasteiger partial charge in [0, 0.05) is 5.69 Å². The maximum atomic E-state index is 12.0. The SMILES string of the molecule is CCc1cccc(C)c1NC(=O)NCCOc1ccc(C)cc1. The van der Waals surface area contributed by atoms with Gasteiger partial charge in [0.15, 0.2) is 0 Å². The molecule has 0 radical (unpaired) electrons. The van der Waals surface area contributed by atoms with E-state index in [-0.39, 0.29) is 6.03 Å². The van der Waals surface area contributed by atoms with E-state index in [0.717, 1.165) is 29.0 Å². The molecule has 0 aromatic heterocycles. The Bertz CT molecular complexity index is 651. The van der Waals surface area contributed by atoms with Crippen LogP contribution in [0, 0.1) is 13.8 Å². The van der Waals surface area contributed by atoms with Crippen LogP contribution in [0.4, 0.5) is 10.5 Å². The molecule has 0 fully saturated rings. The van der Waals surface area contributed by atoms with Crippen molar-refractivity contribution in [2.24, 2.45) is 0 Å². The van der Waals surface area contributed by atoms with Crippen LogP contribution in [0.3, 0.4) is 0 Å². The molecule has 0 atom stereocenters. The molecule has 4 nitrogen and oxygen atoms in total. The van der Waals surface area contributed by atoms with Crippen molar-refractivity contribution in [1.82, 2.24) is 5.32 Å². The minimum atomic E-state index is -0.207. The topological polar surface area (TPSA) is 50.4 Å². The number of nitrogens with one attached hydrogen (secondary N) is 2. The molecule has 2 amide bonds. The molecule has 0 aliphatic rings. The number of hydrogen-bond acceptors (Lipinski definition) is 2. The summed E-state index contributed by atoms with van der Waals surface area (Å²) in [6, 6.07) is 13.7.